The first kappa shape index (κ1) is 12.9. The van der Waals surface area contributed by atoms with E-state index in [9.17, 15) is 5.11 Å². The van der Waals surface area contributed by atoms with Crippen LogP contribution in [0.4, 0.5) is 0 Å². The van der Waals surface area contributed by atoms with Gasteiger partial charge in [0, 0.05) is 13.2 Å². The van der Waals surface area contributed by atoms with Crippen molar-refractivity contribution in [2.45, 2.75) is 45.6 Å². The molecule has 0 aromatic carbocycles. The van der Waals surface area contributed by atoms with E-state index in [4.69, 9.17) is 4.74 Å². The third-order valence-electron chi connectivity index (χ3n) is 1.55. The van der Waals surface area contributed by atoms with Crippen molar-refractivity contribution in [2.75, 3.05) is 20.0 Å². The van der Waals surface area contributed by atoms with Crippen molar-refractivity contribution in [3.8, 4) is 0 Å². The van der Waals surface area contributed by atoms with Crippen LogP contribution in [0.2, 0.25) is 0 Å². The average Bonchev–Trinajstić information content (AvgIpc) is 2.01. The standard InChI is InChI=1S/C10H21O3/c1-10(2,3)13-8-6-4-5-7-12-9-11/h4-9H2,1-3H3. The van der Waals surface area contributed by atoms with Crippen molar-refractivity contribution in [2.24, 2.45) is 0 Å². The van der Waals surface area contributed by atoms with Crippen molar-refractivity contribution >= 4 is 0 Å². The second kappa shape index (κ2) is 7.30. The predicted molar refractivity (Wildman–Crippen MR) is 51.1 cm³/mol. The van der Waals surface area contributed by atoms with Gasteiger partial charge < -0.3 is 9.47 Å². The minimum absolute atomic E-state index is 0.0362. The largest absolute Gasteiger partial charge is 0.376 e. The fourth-order valence-electron chi connectivity index (χ4n) is 0.920. The third-order valence-corrected chi connectivity index (χ3v) is 1.55. The molecule has 0 N–H and O–H groups in total. The van der Waals surface area contributed by atoms with Gasteiger partial charge in [-0.05, 0) is 40.0 Å². The molecule has 0 saturated carbocycles. The van der Waals surface area contributed by atoms with E-state index < -0.39 is 6.79 Å². The smallest absolute Gasteiger partial charge is 0.180 e. The summed E-state index contributed by atoms with van der Waals surface area (Å²) in [6.07, 6.45) is 3.06. The van der Waals surface area contributed by atoms with Crippen molar-refractivity contribution in [3.63, 3.8) is 0 Å². The fraction of sp³-hybridized carbons (Fsp3) is 1.00. The maximum absolute atomic E-state index is 9.90. The molecule has 13 heavy (non-hydrogen) atoms. The summed E-state index contributed by atoms with van der Waals surface area (Å²) in [5, 5.41) is 9.90. The molecule has 3 heteroatoms. The molecule has 3 nitrogen and oxygen atoms in total. The summed E-state index contributed by atoms with van der Waals surface area (Å²) in [5.41, 5.74) is -0.0362. The Balaban J connectivity index is 3.00. The molecule has 0 unspecified atom stereocenters. The Labute approximate surface area is 81.0 Å². The van der Waals surface area contributed by atoms with E-state index in [2.05, 4.69) is 4.74 Å². The monoisotopic (exact) mass is 189 g/mol. The summed E-state index contributed by atoms with van der Waals surface area (Å²) in [7, 11) is 0. The minimum Gasteiger partial charge on any atom is -0.376 e. The maximum Gasteiger partial charge on any atom is 0.180 e. The maximum atomic E-state index is 9.90. The van der Waals surface area contributed by atoms with Crippen LogP contribution in [-0.2, 0) is 14.6 Å². The van der Waals surface area contributed by atoms with E-state index in [-0.39, 0.29) is 5.60 Å². The molecule has 0 heterocycles. The molecular weight excluding hydrogens is 168 g/mol. The van der Waals surface area contributed by atoms with Gasteiger partial charge in [-0.1, -0.05) is 0 Å². The first-order valence-electron chi connectivity index (χ1n) is 4.86. The van der Waals surface area contributed by atoms with E-state index in [1.54, 1.807) is 0 Å². The number of unbranched alkanes of at least 4 members (excludes halogenated alkanes) is 2. The lowest BCUT2D eigenvalue weighted by molar-refractivity contribution is -0.0457. The predicted octanol–water partition coefficient (Wildman–Crippen LogP) is 2.38. The van der Waals surface area contributed by atoms with E-state index in [0.29, 0.717) is 6.61 Å². The van der Waals surface area contributed by atoms with Gasteiger partial charge in [0.2, 0.25) is 0 Å². The van der Waals surface area contributed by atoms with Crippen LogP contribution in [0.5, 0.6) is 0 Å². The van der Waals surface area contributed by atoms with Crippen LogP contribution in [0.15, 0.2) is 0 Å². The molecule has 0 aromatic heterocycles. The molecule has 0 aromatic rings. The molecule has 0 aliphatic heterocycles. The van der Waals surface area contributed by atoms with E-state index in [1.807, 2.05) is 20.8 Å². The van der Waals surface area contributed by atoms with Gasteiger partial charge in [0.25, 0.3) is 0 Å². The highest BCUT2D eigenvalue weighted by Crippen LogP contribution is 2.08. The second-order valence-corrected chi connectivity index (χ2v) is 4.05. The highest BCUT2D eigenvalue weighted by atomic mass is 16.6. The Morgan fingerprint density at radius 2 is 1.62 bits per heavy atom. The van der Waals surface area contributed by atoms with Crippen molar-refractivity contribution in [1.82, 2.24) is 0 Å². The Morgan fingerprint density at radius 3 is 2.15 bits per heavy atom. The lowest BCUT2D eigenvalue weighted by atomic mass is 10.2. The first-order chi connectivity index (χ1) is 6.06. The zero-order chi connectivity index (χ0) is 10.2. The first-order valence-corrected chi connectivity index (χ1v) is 4.86. The summed E-state index contributed by atoms with van der Waals surface area (Å²) in [6.45, 7) is 7.10. The average molecular weight is 189 g/mol. The molecule has 0 fully saturated rings. The van der Waals surface area contributed by atoms with Crippen LogP contribution in [-0.4, -0.2) is 25.6 Å². The van der Waals surface area contributed by atoms with Gasteiger partial charge in [-0.15, -0.1) is 0 Å². The molecule has 0 bridgehead atoms. The van der Waals surface area contributed by atoms with Gasteiger partial charge in [0.1, 0.15) is 0 Å². The molecule has 0 amide bonds. The normalized spacial score (nSPS) is 12.0. The quantitative estimate of drug-likeness (QED) is 0.455. The van der Waals surface area contributed by atoms with Crippen LogP contribution in [0.1, 0.15) is 40.0 Å². The Bertz CT molecular complexity index is 107. The van der Waals surface area contributed by atoms with Crippen LogP contribution in [0.3, 0.4) is 0 Å². The molecule has 1 radical (unpaired) electrons. The van der Waals surface area contributed by atoms with Crippen LogP contribution < -0.4 is 0 Å². The highest BCUT2D eigenvalue weighted by molar-refractivity contribution is 4.58. The summed E-state index contributed by atoms with van der Waals surface area (Å²) < 4.78 is 10.2. The number of hydrogen-bond donors (Lipinski definition) is 0. The van der Waals surface area contributed by atoms with E-state index >= 15 is 0 Å². The Hall–Kier alpha value is -0.120. The SMILES string of the molecule is CC(C)(C)OCCCCCOC[O]. The van der Waals surface area contributed by atoms with Crippen molar-refractivity contribution in [1.29, 1.82) is 0 Å². The molecule has 0 rings (SSSR count). The van der Waals surface area contributed by atoms with Crippen molar-refractivity contribution < 1.29 is 14.6 Å². The van der Waals surface area contributed by atoms with Crippen molar-refractivity contribution in [3.05, 3.63) is 0 Å². The summed E-state index contributed by atoms with van der Waals surface area (Å²) in [5.74, 6) is 0. The van der Waals surface area contributed by atoms with E-state index in [0.717, 1.165) is 25.9 Å². The minimum atomic E-state index is -0.418. The highest BCUT2D eigenvalue weighted by Gasteiger charge is 2.08. The number of rotatable bonds is 7. The topological polar surface area (TPSA) is 38.4 Å². The van der Waals surface area contributed by atoms with Gasteiger partial charge in [-0.25, -0.2) is 5.11 Å². The van der Waals surface area contributed by atoms with Crippen LogP contribution in [0, 0.1) is 0 Å². The zero-order valence-electron chi connectivity index (χ0n) is 8.97. The Morgan fingerprint density at radius 1 is 1.00 bits per heavy atom. The molecule has 0 spiro atoms. The molecule has 0 aliphatic rings. The molecule has 0 atom stereocenters. The molecule has 79 valence electrons. The van der Waals surface area contributed by atoms with Crippen LogP contribution >= 0.6 is 0 Å². The molecular formula is C10H21O3. The number of hydrogen-bond acceptors (Lipinski definition) is 2. The summed E-state index contributed by atoms with van der Waals surface area (Å²) in [4.78, 5) is 0. The summed E-state index contributed by atoms with van der Waals surface area (Å²) in [6, 6.07) is 0. The van der Waals surface area contributed by atoms with Gasteiger partial charge in [0.15, 0.2) is 6.79 Å². The van der Waals surface area contributed by atoms with Gasteiger partial charge >= 0.3 is 0 Å². The van der Waals surface area contributed by atoms with E-state index in [1.165, 1.54) is 0 Å². The summed E-state index contributed by atoms with van der Waals surface area (Å²) >= 11 is 0. The molecule has 0 saturated heterocycles. The Kier molecular flexibility index (Phi) is 7.23. The molecule has 0 aliphatic carbocycles. The second-order valence-electron chi connectivity index (χ2n) is 4.05. The lowest BCUT2D eigenvalue weighted by Gasteiger charge is -2.19. The fourth-order valence-corrected chi connectivity index (χ4v) is 0.920. The lowest BCUT2D eigenvalue weighted by Crippen LogP contribution is -2.19. The van der Waals surface area contributed by atoms with Gasteiger partial charge in [-0.2, -0.15) is 0 Å². The van der Waals surface area contributed by atoms with Gasteiger partial charge in [-0.3, -0.25) is 0 Å². The number of ether oxygens (including phenoxy) is 2. The third kappa shape index (κ3) is 11.9. The van der Waals surface area contributed by atoms with Gasteiger partial charge in [0.05, 0.1) is 5.60 Å². The van der Waals surface area contributed by atoms with Crippen LogP contribution in [0.25, 0.3) is 0 Å². The zero-order valence-corrected chi connectivity index (χ0v) is 8.97.